The summed E-state index contributed by atoms with van der Waals surface area (Å²) in [6.07, 6.45) is 2.02. The number of rotatable bonds is 1. The van der Waals surface area contributed by atoms with Crippen molar-refractivity contribution in [2.24, 2.45) is 0 Å². The smallest absolute Gasteiger partial charge is 0.410 e. The van der Waals surface area contributed by atoms with E-state index < -0.39 is 29.8 Å². The van der Waals surface area contributed by atoms with Gasteiger partial charge in [0, 0.05) is 32.2 Å². The number of fused-ring (bicyclic) bond motifs is 3. The van der Waals surface area contributed by atoms with E-state index in [2.05, 4.69) is 19.9 Å². The maximum absolute atomic E-state index is 14.7. The lowest BCUT2D eigenvalue weighted by Gasteiger charge is -2.43. The van der Waals surface area contributed by atoms with E-state index in [0.717, 1.165) is 13.0 Å². The molecule has 4 aliphatic rings. The number of aromatic nitrogens is 3. The fourth-order valence-corrected chi connectivity index (χ4v) is 5.88. The number of anilines is 1. The quantitative estimate of drug-likeness (QED) is 0.408. The van der Waals surface area contributed by atoms with Crippen molar-refractivity contribution < 1.29 is 27.8 Å². The number of piperazine rings is 1. The van der Waals surface area contributed by atoms with Crippen LogP contribution in [0.3, 0.4) is 0 Å². The van der Waals surface area contributed by atoms with E-state index in [1.54, 1.807) is 4.90 Å². The zero-order valence-corrected chi connectivity index (χ0v) is 25.7. The van der Waals surface area contributed by atoms with E-state index in [1.165, 1.54) is 20.0 Å². The molecule has 2 aromatic rings. The number of pyridine rings is 1. The molecule has 1 amide bonds. The molecule has 228 valence electrons. The van der Waals surface area contributed by atoms with E-state index in [1.807, 2.05) is 46.4 Å². The van der Waals surface area contributed by atoms with E-state index >= 15 is 0 Å². The first-order valence-corrected chi connectivity index (χ1v) is 14.7. The Balaban J connectivity index is 0.000000294. The first-order valence-electron chi connectivity index (χ1n) is 14.3. The summed E-state index contributed by atoms with van der Waals surface area (Å²) in [5, 5.41) is -0.00979. The largest absolute Gasteiger partial charge is 0.472 e. The molecule has 0 radical (unpaired) electrons. The highest BCUT2D eigenvalue weighted by atomic mass is 35.5. The molecule has 6 heterocycles. The van der Waals surface area contributed by atoms with Crippen LogP contribution in [-0.2, 0) is 4.74 Å². The van der Waals surface area contributed by atoms with Crippen molar-refractivity contribution >= 4 is 34.4 Å². The van der Waals surface area contributed by atoms with Crippen molar-refractivity contribution in [2.45, 2.75) is 90.8 Å². The van der Waals surface area contributed by atoms with Crippen molar-refractivity contribution in [3.8, 4) is 11.9 Å². The molecule has 2 aromatic heterocycles. The summed E-state index contributed by atoms with van der Waals surface area (Å²) in [6.45, 7) is 14.4. The van der Waals surface area contributed by atoms with Gasteiger partial charge in [-0.25, -0.2) is 13.6 Å². The minimum atomic E-state index is -0.764. The minimum Gasteiger partial charge on any atom is -0.472 e. The maximum atomic E-state index is 14.7. The Morgan fingerprint density at radius 2 is 1.85 bits per heavy atom. The van der Waals surface area contributed by atoms with Crippen LogP contribution in [0.4, 0.5) is 19.4 Å². The second kappa shape index (κ2) is 12.6. The van der Waals surface area contributed by atoms with Crippen molar-refractivity contribution in [1.29, 1.82) is 0 Å². The lowest BCUT2D eigenvalue weighted by Crippen LogP contribution is -2.59. The van der Waals surface area contributed by atoms with Crippen LogP contribution in [0, 0.1) is 5.82 Å². The van der Waals surface area contributed by atoms with Gasteiger partial charge in [-0.1, -0.05) is 25.4 Å². The van der Waals surface area contributed by atoms with Crippen LogP contribution in [0.2, 0.25) is 5.15 Å². The molecule has 0 spiro atoms. The molecule has 0 aromatic carbocycles. The standard InChI is InChI=1S/C19H23ClFN5O4.C7H12FN.C2H6/c1-9-10-8-25(18(27)30-19(2,3)4)6-7-26(10)15-11-13(22-17(24-15)28-5)12(21)14(20)23-16(11)29-9;8-6-4-7-2-1-3-9(7)5-6;1-2/h9-10H,6-8H2,1-5H3;6-7H,1-5H2;1-2H3/t9-,10-;;/m0../s1. The van der Waals surface area contributed by atoms with Crippen molar-refractivity contribution in [3.63, 3.8) is 0 Å². The lowest BCUT2D eigenvalue weighted by atomic mass is 10.1. The monoisotopic (exact) mass is 598 g/mol. The molecule has 0 aliphatic carbocycles. The topological polar surface area (TPSA) is 93.2 Å². The molecule has 2 unspecified atom stereocenters. The van der Waals surface area contributed by atoms with Gasteiger partial charge in [0.05, 0.1) is 13.2 Å². The van der Waals surface area contributed by atoms with Gasteiger partial charge < -0.3 is 24.0 Å². The molecule has 0 bridgehead atoms. The normalized spacial score (nSPS) is 25.1. The summed E-state index contributed by atoms with van der Waals surface area (Å²) >= 11 is 5.97. The lowest BCUT2D eigenvalue weighted by molar-refractivity contribution is 0.0175. The summed E-state index contributed by atoms with van der Waals surface area (Å²) in [5.41, 5.74) is -0.616. The summed E-state index contributed by atoms with van der Waals surface area (Å²) < 4.78 is 44.1. The Hall–Kier alpha value is -2.73. The molecule has 3 fully saturated rings. The van der Waals surface area contributed by atoms with Crippen LogP contribution < -0.4 is 14.4 Å². The van der Waals surface area contributed by atoms with Crippen LogP contribution in [0.25, 0.3) is 10.9 Å². The number of nitrogens with zero attached hydrogens (tertiary/aromatic N) is 6. The third kappa shape index (κ3) is 6.69. The number of hydrogen-bond acceptors (Lipinski definition) is 9. The van der Waals surface area contributed by atoms with Gasteiger partial charge in [-0.15, -0.1) is 0 Å². The highest BCUT2D eigenvalue weighted by Crippen LogP contribution is 2.41. The number of carbonyl (C=O) groups excluding carboxylic acids is 1. The van der Waals surface area contributed by atoms with E-state index in [0.29, 0.717) is 43.4 Å². The fourth-order valence-electron chi connectivity index (χ4n) is 5.71. The summed E-state index contributed by atoms with van der Waals surface area (Å²) in [4.78, 5) is 31.1. The first-order chi connectivity index (χ1) is 19.4. The SMILES string of the molecule is CC.COc1nc2c3c(nc(Cl)c(F)c3n1)O[C@@H](C)[C@@H]1CN(C(=O)OC(C)(C)C)CCN21.FC1CC2CCCN2C1. The van der Waals surface area contributed by atoms with Crippen LogP contribution in [0.5, 0.6) is 11.9 Å². The molecule has 10 nitrogen and oxygen atoms in total. The zero-order chi connectivity index (χ0) is 30.1. The molecule has 0 N–H and O–H groups in total. The molecule has 3 saturated heterocycles. The Morgan fingerprint density at radius 3 is 2.51 bits per heavy atom. The average Bonchev–Trinajstić information content (AvgIpc) is 3.48. The first kappa shape index (κ1) is 31.2. The van der Waals surface area contributed by atoms with E-state index in [9.17, 15) is 13.6 Å². The molecular weight excluding hydrogens is 558 g/mol. The maximum Gasteiger partial charge on any atom is 0.410 e. The van der Waals surface area contributed by atoms with Gasteiger partial charge in [0.2, 0.25) is 5.88 Å². The Labute approximate surface area is 245 Å². The van der Waals surface area contributed by atoms with Gasteiger partial charge in [-0.2, -0.15) is 15.0 Å². The number of carbonyl (C=O) groups is 1. The molecule has 0 saturated carbocycles. The van der Waals surface area contributed by atoms with Crippen LogP contribution in [0.15, 0.2) is 0 Å². The molecular formula is C28H41ClF2N6O4. The molecule has 13 heteroatoms. The second-order valence-electron chi connectivity index (χ2n) is 11.4. The van der Waals surface area contributed by atoms with Gasteiger partial charge in [0.1, 0.15) is 34.6 Å². The third-order valence-electron chi connectivity index (χ3n) is 7.50. The third-order valence-corrected chi connectivity index (χ3v) is 7.75. The van der Waals surface area contributed by atoms with Crippen molar-refractivity contribution in [2.75, 3.05) is 44.7 Å². The highest BCUT2D eigenvalue weighted by molar-refractivity contribution is 6.30. The van der Waals surface area contributed by atoms with E-state index in [4.69, 9.17) is 25.8 Å². The summed E-state index contributed by atoms with van der Waals surface area (Å²) in [7, 11) is 1.41. The van der Waals surface area contributed by atoms with Crippen molar-refractivity contribution in [1.82, 2.24) is 24.8 Å². The Kier molecular flexibility index (Phi) is 9.63. The summed E-state index contributed by atoms with van der Waals surface area (Å²) in [6, 6.07) is 0.345. The molecule has 4 aliphatic heterocycles. The Bertz CT molecular complexity index is 1240. The predicted molar refractivity (Wildman–Crippen MR) is 153 cm³/mol. The molecule has 41 heavy (non-hydrogen) atoms. The number of amides is 1. The van der Waals surface area contributed by atoms with Gasteiger partial charge in [-0.3, -0.25) is 4.90 Å². The van der Waals surface area contributed by atoms with E-state index in [-0.39, 0.29) is 28.6 Å². The molecule has 4 atom stereocenters. The van der Waals surface area contributed by atoms with Crippen LogP contribution >= 0.6 is 11.6 Å². The highest BCUT2D eigenvalue weighted by Gasteiger charge is 2.41. The number of alkyl halides is 1. The number of methoxy groups -OCH3 is 1. The second-order valence-corrected chi connectivity index (χ2v) is 11.8. The van der Waals surface area contributed by atoms with Gasteiger partial charge in [-0.05, 0) is 53.5 Å². The summed E-state index contributed by atoms with van der Waals surface area (Å²) in [5.74, 6) is -0.174. The van der Waals surface area contributed by atoms with Gasteiger partial charge in [0.25, 0.3) is 0 Å². The fraction of sp³-hybridized carbons (Fsp3) is 0.714. The van der Waals surface area contributed by atoms with Gasteiger partial charge in [0.15, 0.2) is 11.0 Å². The number of hydrogen-bond donors (Lipinski definition) is 0. The number of halogens is 3. The minimum absolute atomic E-state index is 0.00694. The average molecular weight is 599 g/mol. The number of ether oxygens (including phenoxy) is 3. The Morgan fingerprint density at radius 1 is 1.12 bits per heavy atom. The predicted octanol–water partition coefficient (Wildman–Crippen LogP) is 5.25. The zero-order valence-electron chi connectivity index (χ0n) is 24.9. The van der Waals surface area contributed by atoms with Crippen LogP contribution in [0.1, 0.15) is 60.8 Å². The van der Waals surface area contributed by atoms with Crippen LogP contribution in [-0.4, -0.2) is 101 Å². The molecule has 6 rings (SSSR count). The van der Waals surface area contributed by atoms with Crippen molar-refractivity contribution in [3.05, 3.63) is 11.0 Å². The van der Waals surface area contributed by atoms with Gasteiger partial charge >= 0.3 is 12.1 Å².